The fourth-order valence-corrected chi connectivity index (χ4v) is 3.31. The van der Waals surface area contributed by atoms with Crippen molar-refractivity contribution in [3.63, 3.8) is 0 Å². The molecule has 0 aromatic heterocycles. The fourth-order valence-electron chi connectivity index (χ4n) is 3.31. The average Bonchev–Trinajstić information content (AvgIpc) is 2.72. The van der Waals surface area contributed by atoms with E-state index >= 15 is 0 Å². The maximum absolute atomic E-state index is 12.6. The first-order valence-corrected chi connectivity index (χ1v) is 7.66. The van der Waals surface area contributed by atoms with Crippen molar-refractivity contribution in [2.24, 2.45) is 0 Å². The summed E-state index contributed by atoms with van der Waals surface area (Å²) in [6.45, 7) is 2.95. The van der Waals surface area contributed by atoms with Crippen LogP contribution < -0.4 is 5.32 Å². The Morgan fingerprint density at radius 1 is 1.26 bits per heavy atom. The van der Waals surface area contributed by atoms with Crippen LogP contribution >= 0.6 is 0 Å². The molecule has 2 rings (SSSR count). The molecule has 2 aliphatic rings. The molecule has 1 aliphatic carbocycles. The Bertz CT molecular complexity index is 342. The Labute approximate surface area is 116 Å². The van der Waals surface area contributed by atoms with Gasteiger partial charge in [-0.05, 0) is 26.2 Å². The van der Waals surface area contributed by atoms with Gasteiger partial charge in [0.2, 0.25) is 5.91 Å². The highest BCUT2D eigenvalue weighted by atomic mass is 16.2. The first-order chi connectivity index (χ1) is 9.22. The van der Waals surface area contributed by atoms with E-state index in [2.05, 4.69) is 23.2 Å². The number of hydrogen-bond donors (Lipinski definition) is 1. The molecule has 1 saturated carbocycles. The lowest BCUT2D eigenvalue weighted by Gasteiger charge is -2.31. The minimum Gasteiger partial charge on any atom is -0.338 e. The zero-order valence-corrected chi connectivity index (χ0v) is 11.9. The molecule has 1 aliphatic heterocycles. The molecule has 1 N–H and O–H groups in total. The number of amides is 1. The highest BCUT2D eigenvalue weighted by Gasteiger charge is 2.33. The van der Waals surface area contributed by atoms with Gasteiger partial charge in [0.15, 0.2) is 0 Å². The number of nitrogens with one attached hydrogen (secondary N) is 1. The quantitative estimate of drug-likeness (QED) is 0.777. The van der Waals surface area contributed by atoms with Gasteiger partial charge < -0.3 is 10.2 Å². The largest absolute Gasteiger partial charge is 0.338 e. The molecular weight excluding hydrogens is 238 g/mol. The molecule has 0 spiro atoms. The second kappa shape index (κ2) is 6.91. The average molecular weight is 263 g/mol. The van der Waals surface area contributed by atoms with Crippen LogP contribution in [-0.4, -0.2) is 35.5 Å². The summed E-state index contributed by atoms with van der Waals surface area (Å²) in [6, 6.07) is 2.57. The fraction of sp³-hybridized carbons (Fsp3) is 0.867. The summed E-state index contributed by atoms with van der Waals surface area (Å²) in [5.74, 6) is 0.151. The first kappa shape index (κ1) is 14.3. The summed E-state index contributed by atoms with van der Waals surface area (Å²) >= 11 is 0. The SMILES string of the molecule is CC1CCN(C2CCCCCC2)C(=O)C(CC#N)N1. The lowest BCUT2D eigenvalue weighted by Crippen LogP contribution is -2.48. The first-order valence-electron chi connectivity index (χ1n) is 7.66. The van der Waals surface area contributed by atoms with Crippen LogP contribution in [0.3, 0.4) is 0 Å². The van der Waals surface area contributed by atoms with E-state index in [1.54, 1.807) is 0 Å². The van der Waals surface area contributed by atoms with Crippen LogP contribution in [0.1, 0.15) is 58.3 Å². The Morgan fingerprint density at radius 3 is 2.58 bits per heavy atom. The second-order valence-electron chi connectivity index (χ2n) is 5.95. The van der Waals surface area contributed by atoms with Crippen molar-refractivity contribution in [3.05, 3.63) is 0 Å². The summed E-state index contributed by atoms with van der Waals surface area (Å²) in [6.07, 6.45) is 8.62. The Kier molecular flexibility index (Phi) is 5.21. The smallest absolute Gasteiger partial charge is 0.241 e. The number of nitrogens with zero attached hydrogens (tertiary/aromatic N) is 2. The van der Waals surface area contributed by atoms with Crippen LogP contribution in [0.4, 0.5) is 0 Å². The van der Waals surface area contributed by atoms with Crippen LogP contribution in [0.15, 0.2) is 0 Å². The minimum absolute atomic E-state index is 0.151. The van der Waals surface area contributed by atoms with E-state index in [0.717, 1.165) is 25.8 Å². The Balaban J connectivity index is 2.08. The minimum atomic E-state index is -0.300. The van der Waals surface area contributed by atoms with Crippen molar-refractivity contribution in [1.82, 2.24) is 10.2 Å². The molecule has 1 amide bonds. The zero-order valence-electron chi connectivity index (χ0n) is 11.9. The van der Waals surface area contributed by atoms with Gasteiger partial charge in [0.25, 0.3) is 0 Å². The van der Waals surface area contributed by atoms with Crippen molar-refractivity contribution < 1.29 is 4.79 Å². The highest BCUT2D eigenvalue weighted by Crippen LogP contribution is 2.24. The topological polar surface area (TPSA) is 56.1 Å². The van der Waals surface area contributed by atoms with Crippen molar-refractivity contribution in [2.75, 3.05) is 6.54 Å². The van der Waals surface area contributed by atoms with Gasteiger partial charge in [0.1, 0.15) is 6.04 Å². The molecule has 4 heteroatoms. The van der Waals surface area contributed by atoms with Crippen molar-refractivity contribution in [2.45, 2.75) is 76.4 Å². The maximum Gasteiger partial charge on any atom is 0.241 e. The number of nitriles is 1. The van der Waals surface area contributed by atoms with Gasteiger partial charge in [-0.15, -0.1) is 0 Å². The van der Waals surface area contributed by atoms with E-state index in [-0.39, 0.29) is 18.4 Å². The van der Waals surface area contributed by atoms with Crippen molar-refractivity contribution >= 4 is 5.91 Å². The standard InChI is InChI=1S/C15H25N3O/c1-12-9-11-18(13-6-4-2-3-5-7-13)15(19)14(17-12)8-10-16/h12-14,17H,2-9,11H2,1H3. The third kappa shape index (κ3) is 3.70. The predicted molar refractivity (Wildman–Crippen MR) is 74.4 cm³/mol. The molecule has 0 radical (unpaired) electrons. The molecule has 2 atom stereocenters. The highest BCUT2D eigenvalue weighted by molar-refractivity contribution is 5.82. The molecule has 0 aromatic carbocycles. The Hall–Kier alpha value is -1.08. The number of carbonyl (C=O) groups is 1. The molecule has 1 saturated heterocycles. The number of carbonyl (C=O) groups excluding carboxylic acids is 1. The van der Waals surface area contributed by atoms with Gasteiger partial charge in [-0.2, -0.15) is 5.26 Å². The van der Waals surface area contributed by atoms with Crippen LogP contribution in [-0.2, 0) is 4.79 Å². The summed E-state index contributed by atoms with van der Waals surface area (Å²) in [7, 11) is 0. The summed E-state index contributed by atoms with van der Waals surface area (Å²) in [5, 5.41) is 12.2. The van der Waals surface area contributed by atoms with Gasteiger partial charge in [0, 0.05) is 18.6 Å². The van der Waals surface area contributed by atoms with Crippen LogP contribution in [0, 0.1) is 11.3 Å². The molecule has 1 heterocycles. The lowest BCUT2D eigenvalue weighted by atomic mass is 10.1. The zero-order chi connectivity index (χ0) is 13.7. The summed E-state index contributed by atoms with van der Waals surface area (Å²) in [5.41, 5.74) is 0. The van der Waals surface area contributed by atoms with Crippen molar-refractivity contribution in [1.29, 1.82) is 5.26 Å². The monoisotopic (exact) mass is 263 g/mol. The number of hydrogen-bond acceptors (Lipinski definition) is 3. The molecule has 2 unspecified atom stereocenters. The second-order valence-corrected chi connectivity index (χ2v) is 5.95. The van der Waals surface area contributed by atoms with E-state index in [9.17, 15) is 4.79 Å². The molecule has 106 valence electrons. The van der Waals surface area contributed by atoms with Gasteiger partial charge in [-0.3, -0.25) is 4.79 Å². The van der Waals surface area contributed by atoms with Crippen LogP contribution in [0.2, 0.25) is 0 Å². The van der Waals surface area contributed by atoms with Crippen LogP contribution in [0.25, 0.3) is 0 Å². The lowest BCUT2D eigenvalue weighted by molar-refractivity contribution is -0.135. The van der Waals surface area contributed by atoms with E-state index in [4.69, 9.17) is 5.26 Å². The van der Waals surface area contributed by atoms with E-state index in [1.165, 1.54) is 25.7 Å². The van der Waals surface area contributed by atoms with Crippen LogP contribution in [0.5, 0.6) is 0 Å². The van der Waals surface area contributed by atoms with E-state index < -0.39 is 0 Å². The predicted octanol–water partition coefficient (Wildman–Crippen LogP) is 2.20. The maximum atomic E-state index is 12.6. The van der Waals surface area contributed by atoms with Gasteiger partial charge in [-0.1, -0.05) is 25.7 Å². The molecule has 2 fully saturated rings. The molecule has 19 heavy (non-hydrogen) atoms. The summed E-state index contributed by atoms with van der Waals surface area (Å²) < 4.78 is 0. The van der Waals surface area contributed by atoms with Gasteiger partial charge in [0.05, 0.1) is 12.5 Å². The molecule has 4 nitrogen and oxygen atoms in total. The third-order valence-corrected chi connectivity index (χ3v) is 4.43. The molecule has 0 bridgehead atoms. The number of rotatable bonds is 2. The van der Waals surface area contributed by atoms with Crippen molar-refractivity contribution in [3.8, 4) is 6.07 Å². The Morgan fingerprint density at radius 2 is 1.95 bits per heavy atom. The third-order valence-electron chi connectivity index (χ3n) is 4.43. The van der Waals surface area contributed by atoms with Gasteiger partial charge >= 0.3 is 0 Å². The normalized spacial score (nSPS) is 30.5. The molecule has 0 aromatic rings. The van der Waals surface area contributed by atoms with E-state index in [1.807, 2.05) is 0 Å². The molecular formula is C15H25N3O. The van der Waals surface area contributed by atoms with E-state index in [0.29, 0.717) is 12.1 Å². The van der Waals surface area contributed by atoms with Gasteiger partial charge in [-0.25, -0.2) is 0 Å². The summed E-state index contributed by atoms with van der Waals surface area (Å²) in [4.78, 5) is 14.7.